The van der Waals surface area contributed by atoms with Gasteiger partial charge in [0.1, 0.15) is 0 Å². The number of nitro groups is 7. The second-order valence-corrected chi connectivity index (χ2v) is 4.15. The minimum atomic E-state index is -4.58. The molecule has 0 aromatic carbocycles. The largest absolute Gasteiger partial charge is 0.723 e. The molecule has 0 saturated carbocycles. The number of hydrogen-bond acceptors (Lipinski definition) is 14. The Hall–Kier alpha value is -4.40. The van der Waals surface area contributed by atoms with Crippen molar-refractivity contribution >= 4 is 0 Å². The Morgan fingerprint density at radius 2 is 0.692 bits per heavy atom. The van der Waals surface area contributed by atoms with Crippen LogP contribution in [0.4, 0.5) is 0 Å². The molecule has 0 aromatic rings. The van der Waals surface area contributed by atoms with E-state index in [-0.39, 0.29) is 0 Å². The lowest BCUT2D eigenvalue weighted by Gasteiger charge is -2.16. The van der Waals surface area contributed by atoms with E-state index in [9.17, 15) is 70.8 Å². The van der Waals surface area contributed by atoms with Crippen molar-refractivity contribution in [2.45, 2.75) is 11.6 Å². The molecule has 0 rings (SSSR count). The predicted molar refractivity (Wildman–Crippen MR) is 66.0 cm³/mol. The second kappa shape index (κ2) is 7.01. The molecule has 0 atom stereocenters. The molecule has 0 saturated heterocycles. The van der Waals surface area contributed by atoms with Gasteiger partial charge >= 0.3 is 11.6 Å². The van der Waals surface area contributed by atoms with Crippen LogP contribution in [0.25, 0.3) is 0 Å². The average Bonchev–Trinajstić information content (AvgIpc) is 2.44. The Morgan fingerprint density at radius 3 is 0.808 bits per heavy atom. The lowest BCUT2D eigenvalue weighted by Crippen LogP contribution is -2.66. The van der Waals surface area contributed by atoms with Crippen LogP contribution in [-0.4, -0.2) is 64.2 Å². The first-order valence-corrected chi connectivity index (χ1v) is 5.44. The summed E-state index contributed by atoms with van der Waals surface area (Å²) in [7, 11) is 0. The summed E-state index contributed by atoms with van der Waals surface area (Å²) in [6.45, 7) is -4.99. The standard InChI is InChI=1S/C4H4N8O14/c13-6(14)3(7(15)16,8(17)18)1-5(12(25)26)2-4(9(19)20,10(21)22)11(23)24/h1-2H2. The van der Waals surface area contributed by atoms with Gasteiger partial charge in [-0.2, -0.15) is 0 Å². The summed E-state index contributed by atoms with van der Waals surface area (Å²) in [4.78, 5) is 61.7. The van der Waals surface area contributed by atoms with Gasteiger partial charge < -0.3 is 0 Å². The van der Waals surface area contributed by atoms with Gasteiger partial charge in [0.2, 0.25) is 0 Å². The summed E-state index contributed by atoms with van der Waals surface area (Å²) in [6.07, 6.45) is 0. The molecule has 22 heteroatoms. The van der Waals surface area contributed by atoms with Crippen LogP contribution in [0.1, 0.15) is 0 Å². The Bertz CT molecular complexity index is 575. The van der Waals surface area contributed by atoms with Gasteiger partial charge in [-0.15, -0.1) is 0 Å². The molecule has 0 amide bonds. The number of hydrazine groups is 1. The highest BCUT2D eigenvalue weighted by Gasteiger charge is 2.78. The van der Waals surface area contributed by atoms with E-state index in [1.54, 1.807) is 0 Å². The Morgan fingerprint density at radius 1 is 0.500 bits per heavy atom. The molecule has 0 unspecified atom stereocenters. The van der Waals surface area contributed by atoms with Crippen LogP contribution in [0.3, 0.4) is 0 Å². The summed E-state index contributed by atoms with van der Waals surface area (Å²) >= 11 is 0. The summed E-state index contributed by atoms with van der Waals surface area (Å²) in [5.41, 5.74) is 0. The molecule has 144 valence electrons. The first-order valence-electron chi connectivity index (χ1n) is 5.44. The molecule has 26 heavy (non-hydrogen) atoms. The van der Waals surface area contributed by atoms with Crippen LogP contribution in [0.2, 0.25) is 0 Å². The molecule has 0 aliphatic carbocycles. The third-order valence-electron chi connectivity index (χ3n) is 2.77. The van der Waals surface area contributed by atoms with Crippen LogP contribution in [0, 0.1) is 70.8 Å². The van der Waals surface area contributed by atoms with Crippen molar-refractivity contribution in [1.82, 2.24) is 5.01 Å². The highest BCUT2D eigenvalue weighted by Crippen LogP contribution is 2.20. The zero-order valence-electron chi connectivity index (χ0n) is 11.7. The minimum absolute atomic E-state index is 1.09. The van der Waals surface area contributed by atoms with Gasteiger partial charge in [0.25, 0.3) is 13.1 Å². The van der Waals surface area contributed by atoms with Gasteiger partial charge in [0.15, 0.2) is 34.6 Å². The fourth-order valence-corrected chi connectivity index (χ4v) is 1.41. The van der Waals surface area contributed by atoms with Crippen molar-refractivity contribution in [3.8, 4) is 0 Å². The lowest BCUT2D eigenvalue weighted by atomic mass is 10.3. The topological polar surface area (TPSA) is 305 Å². The highest BCUT2D eigenvalue weighted by molar-refractivity contribution is 4.64. The molecule has 0 aliphatic heterocycles. The summed E-state index contributed by atoms with van der Waals surface area (Å²) in [5, 5.41) is 71.9. The molecule has 0 radical (unpaired) electrons. The van der Waals surface area contributed by atoms with Gasteiger partial charge in [-0.05, 0) is 0 Å². The van der Waals surface area contributed by atoms with Gasteiger partial charge in [-0.3, -0.25) is 60.7 Å². The van der Waals surface area contributed by atoms with E-state index in [0.717, 1.165) is 0 Å². The Kier molecular flexibility index (Phi) is 5.82. The monoisotopic (exact) mass is 388 g/mol. The lowest BCUT2D eigenvalue weighted by molar-refractivity contribution is -0.984. The molecule has 22 nitrogen and oxygen atoms in total. The van der Waals surface area contributed by atoms with E-state index in [1.165, 1.54) is 0 Å². The van der Waals surface area contributed by atoms with Crippen LogP contribution >= 0.6 is 0 Å². The molecule has 0 aliphatic rings. The van der Waals surface area contributed by atoms with Crippen molar-refractivity contribution in [2.75, 3.05) is 13.1 Å². The van der Waals surface area contributed by atoms with Crippen molar-refractivity contribution in [3.63, 3.8) is 0 Å². The summed E-state index contributed by atoms with van der Waals surface area (Å²) < 4.78 is 0. The highest BCUT2D eigenvalue weighted by atomic mass is 16.8. The third-order valence-corrected chi connectivity index (χ3v) is 2.77. The summed E-state index contributed by atoms with van der Waals surface area (Å²) in [5.74, 6) is -9.16. The van der Waals surface area contributed by atoms with Crippen LogP contribution in [-0.2, 0) is 0 Å². The molecular weight excluding hydrogens is 384 g/mol. The Labute approximate surface area is 136 Å². The van der Waals surface area contributed by atoms with Gasteiger partial charge in [-0.25, -0.2) is 10.1 Å². The quantitative estimate of drug-likeness (QED) is 0.199. The van der Waals surface area contributed by atoms with E-state index >= 15 is 0 Å². The van der Waals surface area contributed by atoms with E-state index in [4.69, 9.17) is 0 Å². The Balaban J connectivity index is 6.37. The van der Waals surface area contributed by atoms with Crippen molar-refractivity contribution < 1.29 is 34.6 Å². The maximum Gasteiger partial charge on any atom is 0.723 e. The van der Waals surface area contributed by atoms with Crippen molar-refractivity contribution in [2.24, 2.45) is 0 Å². The number of hydrogen-bond donors (Lipinski definition) is 0. The minimum Gasteiger partial charge on any atom is -0.253 e. The first-order chi connectivity index (χ1) is 11.7. The number of nitrogens with zero attached hydrogens (tertiary/aromatic N) is 8. The second-order valence-electron chi connectivity index (χ2n) is 4.15. The molecule has 0 spiro atoms. The molecule has 0 N–H and O–H groups in total. The van der Waals surface area contributed by atoms with Crippen molar-refractivity contribution in [1.29, 1.82) is 0 Å². The first kappa shape index (κ1) is 21.6. The molecular formula is C4H4N8O14. The van der Waals surface area contributed by atoms with Gasteiger partial charge in [0, 0.05) is 0 Å². The third kappa shape index (κ3) is 3.26. The smallest absolute Gasteiger partial charge is 0.253 e. The number of rotatable bonds is 11. The summed E-state index contributed by atoms with van der Waals surface area (Å²) in [6, 6.07) is 0. The SMILES string of the molecule is O=[N+]([O-])N(CC([N+](=O)[O-])([N+](=O)[O-])[N+](=O)[O-])CC([N+](=O)[O-])([N+](=O)[O-])[N+](=O)[O-]. The van der Waals surface area contributed by atoms with Crippen LogP contribution < -0.4 is 0 Å². The fraction of sp³-hybridized carbons (Fsp3) is 1.00. The van der Waals surface area contributed by atoms with Crippen LogP contribution in [0.15, 0.2) is 0 Å². The van der Waals surface area contributed by atoms with E-state index in [1.807, 2.05) is 0 Å². The normalized spacial score (nSPS) is 11.2. The maximum absolute atomic E-state index is 10.8. The zero-order valence-corrected chi connectivity index (χ0v) is 11.7. The van der Waals surface area contributed by atoms with E-state index < -0.39 is 64.2 Å². The molecule has 0 heterocycles. The average molecular weight is 388 g/mol. The maximum atomic E-state index is 10.8. The zero-order chi connectivity index (χ0) is 21.0. The van der Waals surface area contributed by atoms with E-state index in [0.29, 0.717) is 0 Å². The predicted octanol–water partition coefficient (Wildman–Crippen LogP) is -2.55. The van der Waals surface area contributed by atoms with Crippen molar-refractivity contribution in [3.05, 3.63) is 70.8 Å². The van der Waals surface area contributed by atoms with E-state index in [2.05, 4.69) is 0 Å². The van der Waals surface area contributed by atoms with Crippen LogP contribution in [0.5, 0.6) is 0 Å². The molecule has 0 fully saturated rings. The molecule has 0 bridgehead atoms. The fourth-order valence-electron chi connectivity index (χ4n) is 1.41. The van der Waals surface area contributed by atoms with Gasteiger partial charge in [0.05, 0.1) is 0 Å². The molecule has 0 aromatic heterocycles. The van der Waals surface area contributed by atoms with Gasteiger partial charge in [-0.1, -0.05) is 5.01 Å².